The lowest BCUT2D eigenvalue weighted by atomic mass is 9.93. The molecule has 4 nitrogen and oxygen atoms in total. The number of para-hydroxylation sites is 2. The molecule has 0 atom stereocenters. The quantitative estimate of drug-likeness (QED) is 0.136. The number of hydrogen-bond acceptors (Lipinski definition) is 4. The van der Waals surface area contributed by atoms with Crippen molar-refractivity contribution in [1.29, 1.82) is 0 Å². The number of hydrogen-bond donors (Lipinski definition) is 0. The van der Waals surface area contributed by atoms with E-state index in [1.807, 2.05) is 84.9 Å². The van der Waals surface area contributed by atoms with Gasteiger partial charge in [0.2, 0.25) is 0 Å². The lowest BCUT2D eigenvalue weighted by Gasteiger charge is -2.20. The molecule has 0 unspecified atom stereocenters. The minimum atomic E-state index is -3.49. The van der Waals surface area contributed by atoms with Crippen molar-refractivity contribution >= 4 is 121 Å². The first-order chi connectivity index (χ1) is 26.1. The summed E-state index contributed by atoms with van der Waals surface area (Å²) in [5, 5.41) is 15.2. The monoisotopic (exact) mass is 698 g/mol. The highest BCUT2D eigenvalue weighted by atomic mass is 31.2. The van der Waals surface area contributed by atoms with Gasteiger partial charge in [0.15, 0.2) is 7.14 Å². The van der Waals surface area contributed by atoms with Crippen molar-refractivity contribution in [3.05, 3.63) is 164 Å². The molecule has 0 spiro atoms. The lowest BCUT2D eigenvalue weighted by Crippen LogP contribution is -2.25. The summed E-state index contributed by atoms with van der Waals surface area (Å²) < 4.78 is 35.3. The molecule has 12 aromatic rings. The van der Waals surface area contributed by atoms with E-state index in [4.69, 9.17) is 13.3 Å². The summed E-state index contributed by atoms with van der Waals surface area (Å²) in [5.74, 6) is 0. The molecule has 0 aliphatic heterocycles. The predicted molar refractivity (Wildman–Crippen MR) is 220 cm³/mol. The van der Waals surface area contributed by atoms with Crippen LogP contribution in [0.25, 0.3) is 98.1 Å². The zero-order chi connectivity index (χ0) is 34.8. The molecule has 0 amide bonds. The molecular formula is C48H27O4P. The average molecular weight is 699 g/mol. The average Bonchev–Trinajstić information content (AvgIpc) is 3.90. The first-order valence-electron chi connectivity index (χ1n) is 17.8. The Kier molecular flexibility index (Phi) is 5.74. The maximum atomic E-state index is 16.3. The fourth-order valence-corrected chi connectivity index (χ4v) is 11.3. The van der Waals surface area contributed by atoms with Crippen molar-refractivity contribution < 1.29 is 17.8 Å². The Morgan fingerprint density at radius 1 is 0.264 bits per heavy atom. The van der Waals surface area contributed by atoms with Crippen molar-refractivity contribution in [3.63, 3.8) is 0 Å². The van der Waals surface area contributed by atoms with Crippen LogP contribution in [0.3, 0.4) is 0 Å². The molecule has 53 heavy (non-hydrogen) atoms. The molecule has 0 saturated carbocycles. The summed E-state index contributed by atoms with van der Waals surface area (Å²) >= 11 is 0. The van der Waals surface area contributed by atoms with Gasteiger partial charge in [-0.2, -0.15) is 0 Å². The Morgan fingerprint density at radius 2 is 0.623 bits per heavy atom. The van der Waals surface area contributed by atoms with E-state index in [1.165, 1.54) is 26.9 Å². The van der Waals surface area contributed by atoms with E-state index < -0.39 is 7.14 Å². The van der Waals surface area contributed by atoms with Crippen LogP contribution in [0.15, 0.2) is 177 Å². The SMILES string of the molecule is O=P(c1ccc2c(c1)oc1cc3c4ccccc4c4ccccc4c3cc12)(c1ccc2oc3ccccc3c2c1)c1ccc2oc3ccccc3c2c1. The van der Waals surface area contributed by atoms with Crippen LogP contribution in [0.1, 0.15) is 0 Å². The smallest absolute Gasteiger partial charge is 0.171 e. The van der Waals surface area contributed by atoms with Gasteiger partial charge in [-0.1, -0.05) is 84.9 Å². The number of rotatable bonds is 3. The molecule has 0 radical (unpaired) electrons. The van der Waals surface area contributed by atoms with Gasteiger partial charge in [0.25, 0.3) is 0 Å². The Balaban J connectivity index is 1.13. The summed E-state index contributed by atoms with van der Waals surface area (Å²) in [5.41, 5.74) is 4.63. The minimum Gasteiger partial charge on any atom is -0.456 e. The molecule has 0 bridgehead atoms. The summed E-state index contributed by atoms with van der Waals surface area (Å²) in [4.78, 5) is 0. The molecule has 3 heterocycles. The second-order valence-electron chi connectivity index (χ2n) is 13.9. The van der Waals surface area contributed by atoms with Crippen LogP contribution in [-0.2, 0) is 4.57 Å². The number of benzene rings is 9. The standard InChI is InChI=1S/C48H27O4P/c49-53(28-18-21-45-40(23-28)35-13-5-7-15-43(35)50-45,29-19-22-46-41(24-29)36-14-6-8-16-44(36)51-46)30-17-20-37-42-26-38-33-11-3-1-9-31(33)32-10-2-4-12-34(32)39(38)27-48(42)52-47(37)25-30/h1-27H. The van der Waals surface area contributed by atoms with E-state index >= 15 is 4.57 Å². The molecule has 248 valence electrons. The third-order valence-corrected chi connectivity index (χ3v) is 14.1. The van der Waals surface area contributed by atoms with E-state index in [-0.39, 0.29) is 0 Å². The first kappa shape index (κ1) is 29.0. The van der Waals surface area contributed by atoms with Gasteiger partial charge in [0.05, 0.1) is 0 Å². The van der Waals surface area contributed by atoms with E-state index in [1.54, 1.807) is 0 Å². The van der Waals surface area contributed by atoms with Crippen molar-refractivity contribution in [2.24, 2.45) is 0 Å². The minimum absolute atomic E-state index is 0.698. The van der Waals surface area contributed by atoms with Crippen LogP contribution >= 0.6 is 7.14 Å². The first-order valence-corrected chi connectivity index (χ1v) is 19.5. The largest absolute Gasteiger partial charge is 0.456 e. The van der Waals surface area contributed by atoms with Crippen molar-refractivity contribution in [3.8, 4) is 0 Å². The summed E-state index contributed by atoms with van der Waals surface area (Å²) in [7, 11) is -3.49. The maximum absolute atomic E-state index is 16.3. The third-order valence-electron chi connectivity index (χ3n) is 11.1. The topological polar surface area (TPSA) is 56.5 Å². The fourth-order valence-electron chi connectivity index (χ4n) is 8.63. The molecule has 0 N–H and O–H groups in total. The molecule has 9 aromatic carbocycles. The van der Waals surface area contributed by atoms with Gasteiger partial charge in [0, 0.05) is 48.2 Å². The normalized spacial score (nSPS) is 12.6. The third kappa shape index (κ3) is 3.99. The van der Waals surface area contributed by atoms with Crippen LogP contribution in [0, 0.1) is 0 Å². The highest BCUT2D eigenvalue weighted by Crippen LogP contribution is 2.47. The molecule has 0 saturated heterocycles. The van der Waals surface area contributed by atoms with Gasteiger partial charge < -0.3 is 17.8 Å². The highest BCUT2D eigenvalue weighted by Gasteiger charge is 2.32. The van der Waals surface area contributed by atoms with E-state index in [0.29, 0.717) is 10.9 Å². The van der Waals surface area contributed by atoms with Crippen LogP contribution in [0.4, 0.5) is 0 Å². The molecule has 3 aromatic heterocycles. The Hall–Kier alpha value is -6.61. The van der Waals surface area contributed by atoms with E-state index in [0.717, 1.165) is 76.2 Å². The molecule has 12 rings (SSSR count). The second kappa shape index (κ2) is 10.5. The lowest BCUT2D eigenvalue weighted by molar-refractivity contribution is 0.592. The fraction of sp³-hybridized carbons (Fsp3) is 0. The molecular weight excluding hydrogens is 671 g/mol. The van der Waals surface area contributed by atoms with Crippen LogP contribution < -0.4 is 15.9 Å². The van der Waals surface area contributed by atoms with E-state index in [2.05, 4.69) is 78.9 Å². The van der Waals surface area contributed by atoms with Gasteiger partial charge in [-0.05, 0) is 111 Å². The molecule has 0 aliphatic rings. The Morgan fingerprint density at radius 3 is 1.19 bits per heavy atom. The molecule has 0 fully saturated rings. The van der Waals surface area contributed by atoms with Crippen LogP contribution in [-0.4, -0.2) is 0 Å². The molecule has 5 heteroatoms. The van der Waals surface area contributed by atoms with Gasteiger partial charge in [0.1, 0.15) is 33.5 Å². The zero-order valence-electron chi connectivity index (χ0n) is 28.2. The summed E-state index contributed by atoms with van der Waals surface area (Å²) in [6.45, 7) is 0. The zero-order valence-corrected chi connectivity index (χ0v) is 29.1. The summed E-state index contributed by atoms with van der Waals surface area (Å²) in [6, 6.07) is 55.6. The second-order valence-corrected chi connectivity index (χ2v) is 16.7. The number of fused-ring (bicyclic) bond motifs is 15. The van der Waals surface area contributed by atoms with Crippen molar-refractivity contribution in [2.75, 3.05) is 0 Å². The van der Waals surface area contributed by atoms with Gasteiger partial charge >= 0.3 is 0 Å². The highest BCUT2D eigenvalue weighted by molar-refractivity contribution is 7.85. The maximum Gasteiger partial charge on any atom is 0.171 e. The van der Waals surface area contributed by atoms with Gasteiger partial charge in [-0.3, -0.25) is 0 Å². The predicted octanol–water partition coefficient (Wildman–Crippen LogP) is 12.5. The van der Waals surface area contributed by atoms with Crippen LogP contribution in [0.2, 0.25) is 0 Å². The number of furan rings is 3. The van der Waals surface area contributed by atoms with E-state index in [9.17, 15) is 0 Å². The van der Waals surface area contributed by atoms with Crippen LogP contribution in [0.5, 0.6) is 0 Å². The summed E-state index contributed by atoms with van der Waals surface area (Å²) in [6.07, 6.45) is 0. The van der Waals surface area contributed by atoms with Crippen molar-refractivity contribution in [1.82, 2.24) is 0 Å². The Labute approximate surface area is 301 Å². The van der Waals surface area contributed by atoms with Gasteiger partial charge in [-0.15, -0.1) is 0 Å². The van der Waals surface area contributed by atoms with Gasteiger partial charge in [-0.25, -0.2) is 0 Å². The van der Waals surface area contributed by atoms with Crippen molar-refractivity contribution in [2.45, 2.75) is 0 Å². The Bertz CT molecular complexity index is 3450. The molecule has 0 aliphatic carbocycles.